The van der Waals surface area contributed by atoms with Crippen molar-refractivity contribution in [2.75, 3.05) is 54.0 Å². The summed E-state index contributed by atoms with van der Waals surface area (Å²) < 4.78 is 26.1. The zero-order valence-corrected chi connectivity index (χ0v) is 19.5. The van der Waals surface area contributed by atoms with Crippen molar-refractivity contribution < 1.29 is 13.6 Å². The van der Waals surface area contributed by atoms with Crippen molar-refractivity contribution in [1.82, 2.24) is 9.88 Å². The number of anilines is 4. The Bertz CT molecular complexity index is 1120. The Kier molecular flexibility index (Phi) is 8.10. The topological polar surface area (TPSA) is 86.5 Å². The van der Waals surface area contributed by atoms with E-state index in [4.69, 9.17) is 5.73 Å². The van der Waals surface area contributed by atoms with Crippen molar-refractivity contribution in [3.05, 3.63) is 77.9 Å². The molecule has 3 aromatic rings. The number of rotatable bonds is 9. The van der Waals surface area contributed by atoms with Gasteiger partial charge in [-0.25, -0.2) is 13.8 Å². The minimum absolute atomic E-state index is 0.101. The van der Waals surface area contributed by atoms with Crippen LogP contribution in [0.15, 0.2) is 60.7 Å². The van der Waals surface area contributed by atoms with E-state index < -0.39 is 0 Å². The van der Waals surface area contributed by atoms with Gasteiger partial charge in [-0.15, -0.1) is 0 Å². The molecule has 1 saturated heterocycles. The van der Waals surface area contributed by atoms with Crippen LogP contribution >= 0.6 is 0 Å². The third-order valence-electron chi connectivity index (χ3n) is 6.03. The molecular formula is C26H30F2N6O. The summed E-state index contributed by atoms with van der Waals surface area (Å²) >= 11 is 0. The lowest BCUT2D eigenvalue weighted by molar-refractivity contribution is -0.116. The number of halogens is 2. The summed E-state index contributed by atoms with van der Waals surface area (Å²) in [6, 6.07) is 16.3. The number of carbonyl (C=O) groups excluding carboxylic acids is 1. The molecule has 0 spiro atoms. The highest BCUT2D eigenvalue weighted by molar-refractivity contribution is 5.93. The largest absolute Gasteiger partial charge is 0.382 e. The van der Waals surface area contributed by atoms with Crippen LogP contribution in [0.3, 0.4) is 0 Å². The number of nitrogens with two attached hydrogens (primary N) is 1. The van der Waals surface area contributed by atoms with Crippen molar-refractivity contribution in [2.24, 2.45) is 0 Å². The van der Waals surface area contributed by atoms with Crippen LogP contribution < -0.4 is 21.3 Å². The maximum atomic E-state index is 13.1. The van der Waals surface area contributed by atoms with Crippen molar-refractivity contribution in [1.29, 1.82) is 0 Å². The number of benzene rings is 2. The lowest BCUT2D eigenvalue weighted by atomic mass is 10.2. The zero-order valence-electron chi connectivity index (χ0n) is 19.5. The number of aromatic nitrogens is 1. The van der Waals surface area contributed by atoms with Crippen molar-refractivity contribution >= 4 is 28.9 Å². The highest BCUT2D eigenvalue weighted by Gasteiger charge is 2.17. The fraction of sp³-hybridized carbons (Fsp3) is 0.308. The van der Waals surface area contributed by atoms with Crippen LogP contribution in [-0.4, -0.2) is 48.5 Å². The highest BCUT2D eigenvalue weighted by Crippen LogP contribution is 2.20. The van der Waals surface area contributed by atoms with Crippen LogP contribution in [0.2, 0.25) is 0 Å². The first-order valence-electron chi connectivity index (χ1n) is 11.7. The number of carbonyl (C=O) groups is 1. The fourth-order valence-electron chi connectivity index (χ4n) is 4.03. The van der Waals surface area contributed by atoms with Crippen molar-refractivity contribution in [2.45, 2.75) is 19.4 Å². The molecule has 1 aliphatic heterocycles. The first kappa shape index (κ1) is 24.4. The lowest BCUT2D eigenvalue weighted by Crippen LogP contribution is -2.46. The number of nitrogens with zero attached hydrogens (tertiary/aromatic N) is 3. The van der Waals surface area contributed by atoms with E-state index in [0.717, 1.165) is 50.4 Å². The number of pyridine rings is 1. The first-order valence-corrected chi connectivity index (χ1v) is 11.7. The molecule has 7 nitrogen and oxygen atoms in total. The molecule has 9 heteroatoms. The van der Waals surface area contributed by atoms with Gasteiger partial charge in [-0.05, 0) is 67.1 Å². The molecule has 1 fully saturated rings. The van der Waals surface area contributed by atoms with Gasteiger partial charge in [-0.3, -0.25) is 9.69 Å². The Hall–Kier alpha value is -3.72. The maximum absolute atomic E-state index is 13.1. The molecule has 0 unspecified atom stereocenters. The lowest BCUT2D eigenvalue weighted by Gasteiger charge is -2.36. The van der Waals surface area contributed by atoms with Crippen LogP contribution in [0.1, 0.15) is 18.4 Å². The molecule has 0 radical (unpaired) electrons. The second-order valence-electron chi connectivity index (χ2n) is 8.57. The van der Waals surface area contributed by atoms with Gasteiger partial charge in [0.25, 0.3) is 0 Å². The predicted molar refractivity (Wildman–Crippen MR) is 135 cm³/mol. The molecule has 4 N–H and O–H groups in total. The molecule has 1 aromatic heterocycles. The van der Waals surface area contributed by atoms with E-state index in [9.17, 15) is 13.6 Å². The van der Waals surface area contributed by atoms with Gasteiger partial charge in [0, 0.05) is 44.8 Å². The third-order valence-corrected chi connectivity index (χ3v) is 6.03. The van der Waals surface area contributed by atoms with E-state index in [1.165, 1.54) is 24.3 Å². The Morgan fingerprint density at radius 2 is 1.57 bits per heavy atom. The summed E-state index contributed by atoms with van der Waals surface area (Å²) in [7, 11) is 0. The molecule has 0 saturated carbocycles. The minimum atomic E-state index is -0.277. The second kappa shape index (κ2) is 11.6. The number of piperazine rings is 1. The van der Waals surface area contributed by atoms with Crippen molar-refractivity contribution in [3.8, 4) is 0 Å². The Labute approximate surface area is 203 Å². The Morgan fingerprint density at radius 3 is 2.23 bits per heavy atom. The van der Waals surface area contributed by atoms with E-state index in [-0.39, 0.29) is 23.4 Å². The van der Waals surface area contributed by atoms with Gasteiger partial charge >= 0.3 is 0 Å². The summed E-state index contributed by atoms with van der Waals surface area (Å²) in [6.45, 7) is 4.88. The number of nitrogen functional groups attached to an aromatic ring is 1. The molecule has 1 amide bonds. The molecule has 0 atom stereocenters. The number of amides is 1. The average molecular weight is 481 g/mol. The maximum Gasteiger partial charge on any atom is 0.224 e. The quantitative estimate of drug-likeness (QED) is 0.428. The Balaban J connectivity index is 1.16. The molecule has 2 aromatic carbocycles. The van der Waals surface area contributed by atoms with E-state index in [1.54, 1.807) is 24.3 Å². The summed E-state index contributed by atoms with van der Waals surface area (Å²) in [5.74, 6) is 0.206. The van der Waals surface area contributed by atoms with Crippen LogP contribution in [0, 0.1) is 11.6 Å². The van der Waals surface area contributed by atoms with E-state index in [1.807, 2.05) is 12.1 Å². The summed E-state index contributed by atoms with van der Waals surface area (Å²) in [5, 5.41) is 5.97. The minimum Gasteiger partial charge on any atom is -0.382 e. The Morgan fingerprint density at radius 1 is 0.914 bits per heavy atom. The predicted octanol–water partition coefficient (Wildman–Crippen LogP) is 4.10. The molecule has 4 rings (SSSR count). The average Bonchev–Trinajstić information content (AvgIpc) is 2.86. The highest BCUT2D eigenvalue weighted by atomic mass is 19.1. The number of hydrogen-bond donors (Lipinski definition) is 3. The van der Waals surface area contributed by atoms with E-state index in [2.05, 4.69) is 25.4 Å². The second-order valence-corrected chi connectivity index (χ2v) is 8.57. The van der Waals surface area contributed by atoms with Gasteiger partial charge in [-0.2, -0.15) is 0 Å². The molecule has 35 heavy (non-hydrogen) atoms. The van der Waals surface area contributed by atoms with Crippen LogP contribution in [0.4, 0.5) is 31.8 Å². The summed E-state index contributed by atoms with van der Waals surface area (Å²) in [4.78, 5) is 21.3. The third kappa shape index (κ3) is 7.13. The summed E-state index contributed by atoms with van der Waals surface area (Å²) in [6.07, 6.45) is 1.13. The van der Waals surface area contributed by atoms with E-state index in [0.29, 0.717) is 24.5 Å². The van der Waals surface area contributed by atoms with Gasteiger partial charge in [0.1, 0.15) is 23.3 Å². The molecule has 184 valence electrons. The molecule has 1 aliphatic rings. The number of hydrogen-bond acceptors (Lipinski definition) is 6. The van der Waals surface area contributed by atoms with Gasteiger partial charge in [-0.1, -0.05) is 12.1 Å². The normalized spacial score (nSPS) is 14.1. The van der Waals surface area contributed by atoms with Crippen molar-refractivity contribution in [3.63, 3.8) is 0 Å². The molecular weight excluding hydrogens is 450 g/mol. The standard InChI is InChI=1S/C26H30F2N6O/c27-20-5-3-19(4-6-20)18-30-24-12-11-23(26(29)32-24)31-25(35)2-1-13-33-14-16-34(17-15-33)22-9-7-21(28)8-10-22/h3-12H,1-2,13-18H2,(H,31,35)(H3,29,30,32). The van der Waals surface area contributed by atoms with Gasteiger partial charge in [0.15, 0.2) is 0 Å². The monoisotopic (exact) mass is 480 g/mol. The van der Waals surface area contributed by atoms with Gasteiger partial charge < -0.3 is 21.3 Å². The first-order chi connectivity index (χ1) is 17.0. The molecule has 2 heterocycles. The fourth-order valence-corrected chi connectivity index (χ4v) is 4.03. The molecule has 0 bridgehead atoms. The summed E-state index contributed by atoms with van der Waals surface area (Å²) in [5.41, 5.74) is 8.46. The van der Waals surface area contributed by atoms with Gasteiger partial charge in [0.2, 0.25) is 5.91 Å². The smallest absolute Gasteiger partial charge is 0.224 e. The SMILES string of the molecule is Nc1nc(NCc2ccc(F)cc2)ccc1NC(=O)CCCN1CCN(c2ccc(F)cc2)CC1. The van der Waals surface area contributed by atoms with Crippen LogP contribution in [0.5, 0.6) is 0 Å². The van der Waals surface area contributed by atoms with Crippen LogP contribution in [-0.2, 0) is 11.3 Å². The van der Waals surface area contributed by atoms with Gasteiger partial charge in [0.05, 0.1) is 5.69 Å². The van der Waals surface area contributed by atoms with Crippen LogP contribution in [0.25, 0.3) is 0 Å². The number of nitrogens with one attached hydrogen (secondary N) is 2. The van der Waals surface area contributed by atoms with E-state index >= 15 is 0 Å². The zero-order chi connectivity index (χ0) is 24.6. The molecule has 0 aliphatic carbocycles.